The topological polar surface area (TPSA) is 66.3 Å². The third-order valence-electron chi connectivity index (χ3n) is 8.13. The molecule has 1 N–H and O–H groups in total. The predicted octanol–water partition coefficient (Wildman–Crippen LogP) is 4.92. The number of nitrogens with one attached hydrogen (secondary N) is 1. The van der Waals surface area contributed by atoms with Gasteiger partial charge in [0, 0.05) is 61.2 Å². The van der Waals surface area contributed by atoms with E-state index in [1.54, 1.807) is 6.07 Å². The quantitative estimate of drug-likeness (QED) is 0.566. The minimum absolute atomic E-state index is 0.0277. The number of pyridine rings is 1. The smallest absolute Gasteiger partial charge is 0.252 e. The second kappa shape index (κ2) is 9.97. The summed E-state index contributed by atoms with van der Waals surface area (Å²) in [6.45, 7) is 11.1. The summed E-state index contributed by atoms with van der Waals surface area (Å²) in [6.07, 6.45) is 5.23. The van der Waals surface area contributed by atoms with E-state index in [9.17, 15) is 4.79 Å². The molecule has 0 bridgehead atoms. The van der Waals surface area contributed by atoms with Gasteiger partial charge in [0.15, 0.2) is 0 Å². The Kier molecular flexibility index (Phi) is 6.78. The number of rotatable bonds is 5. The van der Waals surface area contributed by atoms with Crippen molar-refractivity contribution in [1.29, 1.82) is 0 Å². The van der Waals surface area contributed by atoms with Crippen LogP contribution in [0.2, 0.25) is 0 Å². The Morgan fingerprint density at radius 2 is 1.74 bits per heavy atom. The van der Waals surface area contributed by atoms with Crippen LogP contribution in [0.25, 0.3) is 11.0 Å². The Hall–Kier alpha value is -2.93. The average molecular weight is 475 g/mol. The van der Waals surface area contributed by atoms with Gasteiger partial charge in [-0.2, -0.15) is 4.98 Å². The first-order valence-corrected chi connectivity index (χ1v) is 13.1. The largest absolute Gasteiger partial charge is 0.369 e. The molecule has 0 radical (unpaired) electrons. The molecule has 0 spiro atoms. The minimum Gasteiger partial charge on any atom is -0.369 e. The van der Waals surface area contributed by atoms with Gasteiger partial charge >= 0.3 is 0 Å². The number of anilines is 3. The van der Waals surface area contributed by atoms with Gasteiger partial charge in [-0.25, -0.2) is 4.98 Å². The van der Waals surface area contributed by atoms with E-state index in [2.05, 4.69) is 72.2 Å². The van der Waals surface area contributed by atoms with Crippen LogP contribution >= 0.6 is 0 Å². The van der Waals surface area contributed by atoms with Crippen molar-refractivity contribution in [3.8, 4) is 0 Å². The van der Waals surface area contributed by atoms with Crippen molar-refractivity contribution in [3.63, 3.8) is 0 Å². The standard InChI is InChI=1S/C28H38N6O/c1-19(2)21-6-5-20(3)25(17-21)34-26(35)12-7-22-18-29-28(31-27(22)34)30-23-8-10-24(11-9-23)33-15-13-32(4)14-16-33/h7-12,18-21,25H,5-6,13-17H2,1-4H3,(H,29,30,31). The Morgan fingerprint density at radius 3 is 2.46 bits per heavy atom. The first-order chi connectivity index (χ1) is 16.9. The number of aromatic nitrogens is 3. The number of benzene rings is 1. The van der Waals surface area contributed by atoms with E-state index in [-0.39, 0.29) is 11.6 Å². The van der Waals surface area contributed by atoms with Crippen LogP contribution < -0.4 is 15.8 Å². The maximum Gasteiger partial charge on any atom is 0.252 e. The lowest BCUT2D eigenvalue weighted by Crippen LogP contribution is -2.44. The fourth-order valence-electron chi connectivity index (χ4n) is 5.66. The van der Waals surface area contributed by atoms with Gasteiger partial charge in [0.2, 0.25) is 5.95 Å². The molecule has 186 valence electrons. The molecule has 1 saturated carbocycles. The summed E-state index contributed by atoms with van der Waals surface area (Å²) < 4.78 is 1.94. The van der Waals surface area contributed by atoms with Crippen LogP contribution in [0.4, 0.5) is 17.3 Å². The van der Waals surface area contributed by atoms with Crippen molar-refractivity contribution >= 4 is 28.4 Å². The van der Waals surface area contributed by atoms with Crippen LogP contribution in [0.1, 0.15) is 46.1 Å². The van der Waals surface area contributed by atoms with E-state index in [1.165, 1.54) is 12.1 Å². The lowest BCUT2D eigenvalue weighted by atomic mass is 9.74. The summed E-state index contributed by atoms with van der Waals surface area (Å²) in [4.78, 5) is 27.3. The fourth-order valence-corrected chi connectivity index (χ4v) is 5.66. The van der Waals surface area contributed by atoms with Gasteiger partial charge in [-0.05, 0) is 74.4 Å². The molecular formula is C28H38N6O. The van der Waals surface area contributed by atoms with Crippen LogP contribution in [-0.4, -0.2) is 52.7 Å². The van der Waals surface area contributed by atoms with E-state index in [1.807, 2.05) is 16.8 Å². The highest BCUT2D eigenvalue weighted by Crippen LogP contribution is 2.40. The van der Waals surface area contributed by atoms with Crippen LogP contribution in [0.5, 0.6) is 0 Å². The van der Waals surface area contributed by atoms with Crippen molar-refractivity contribution in [2.75, 3.05) is 43.4 Å². The van der Waals surface area contributed by atoms with Gasteiger partial charge in [0.05, 0.1) is 0 Å². The summed E-state index contributed by atoms with van der Waals surface area (Å²) in [6, 6.07) is 12.1. The summed E-state index contributed by atoms with van der Waals surface area (Å²) in [5, 5.41) is 4.26. The SMILES string of the molecule is CC(C)C1CCC(C)C(n2c(=O)ccc3cnc(Nc4ccc(N5CCN(C)CC5)cc4)nc32)C1. The molecule has 7 heteroatoms. The second-order valence-electron chi connectivity index (χ2n) is 10.8. The molecule has 3 aromatic rings. The van der Waals surface area contributed by atoms with Crippen molar-refractivity contribution < 1.29 is 0 Å². The van der Waals surface area contributed by atoms with Crippen molar-refractivity contribution in [3.05, 3.63) is 52.9 Å². The molecule has 2 aliphatic rings. The van der Waals surface area contributed by atoms with E-state index in [0.717, 1.165) is 55.7 Å². The number of nitrogens with zero attached hydrogens (tertiary/aromatic N) is 5. The summed E-state index contributed by atoms with van der Waals surface area (Å²) >= 11 is 0. The van der Waals surface area contributed by atoms with E-state index < -0.39 is 0 Å². The molecule has 0 amide bonds. The summed E-state index contributed by atoms with van der Waals surface area (Å²) in [5.74, 6) is 2.22. The van der Waals surface area contributed by atoms with Gasteiger partial charge in [-0.1, -0.05) is 20.8 Å². The maximum absolute atomic E-state index is 13.1. The zero-order valence-electron chi connectivity index (χ0n) is 21.4. The summed E-state index contributed by atoms with van der Waals surface area (Å²) in [7, 11) is 2.17. The molecule has 5 rings (SSSR count). The van der Waals surface area contributed by atoms with Crippen molar-refractivity contribution in [2.45, 2.75) is 46.1 Å². The molecule has 2 aromatic heterocycles. The van der Waals surface area contributed by atoms with Crippen molar-refractivity contribution in [1.82, 2.24) is 19.4 Å². The molecule has 2 fully saturated rings. The number of likely N-dealkylation sites (N-methyl/N-ethyl adjacent to an activating group) is 1. The molecule has 1 aliphatic carbocycles. The fraction of sp³-hybridized carbons (Fsp3) is 0.536. The molecule has 1 aromatic carbocycles. The first-order valence-electron chi connectivity index (χ1n) is 13.1. The van der Waals surface area contributed by atoms with Crippen LogP contribution in [-0.2, 0) is 0 Å². The Bertz CT molecular complexity index is 1210. The van der Waals surface area contributed by atoms with Gasteiger partial charge in [-0.3, -0.25) is 9.36 Å². The van der Waals surface area contributed by atoms with Gasteiger partial charge in [0.1, 0.15) is 5.65 Å². The zero-order chi connectivity index (χ0) is 24.5. The highest BCUT2D eigenvalue weighted by atomic mass is 16.1. The lowest BCUT2D eigenvalue weighted by Gasteiger charge is -2.37. The van der Waals surface area contributed by atoms with Gasteiger partial charge in [-0.15, -0.1) is 0 Å². The minimum atomic E-state index is 0.0277. The van der Waals surface area contributed by atoms with Crippen LogP contribution in [0.15, 0.2) is 47.4 Å². The Labute approximate surface area is 208 Å². The summed E-state index contributed by atoms with van der Waals surface area (Å²) in [5.41, 5.74) is 2.94. The van der Waals surface area contributed by atoms with Gasteiger partial charge in [0.25, 0.3) is 5.56 Å². The normalized spacial score (nSPS) is 23.7. The molecule has 3 heterocycles. The first kappa shape index (κ1) is 23.8. The highest BCUT2D eigenvalue weighted by Gasteiger charge is 2.32. The molecule has 1 aliphatic heterocycles. The monoisotopic (exact) mass is 474 g/mol. The third kappa shape index (κ3) is 5.06. The third-order valence-corrected chi connectivity index (χ3v) is 8.13. The molecular weight excluding hydrogens is 436 g/mol. The number of piperazine rings is 1. The van der Waals surface area contributed by atoms with E-state index >= 15 is 0 Å². The Morgan fingerprint density at radius 1 is 1.00 bits per heavy atom. The number of hydrogen-bond acceptors (Lipinski definition) is 6. The molecule has 3 atom stereocenters. The number of fused-ring (bicyclic) bond motifs is 1. The van der Waals surface area contributed by atoms with Crippen LogP contribution in [0, 0.1) is 17.8 Å². The van der Waals surface area contributed by atoms with E-state index in [0.29, 0.717) is 23.7 Å². The zero-order valence-corrected chi connectivity index (χ0v) is 21.4. The maximum atomic E-state index is 13.1. The van der Waals surface area contributed by atoms with Crippen LogP contribution in [0.3, 0.4) is 0 Å². The molecule has 3 unspecified atom stereocenters. The lowest BCUT2D eigenvalue weighted by molar-refractivity contribution is 0.162. The predicted molar refractivity (Wildman–Crippen MR) is 144 cm³/mol. The van der Waals surface area contributed by atoms with E-state index in [4.69, 9.17) is 4.98 Å². The average Bonchev–Trinajstić information content (AvgIpc) is 2.85. The number of hydrogen-bond donors (Lipinski definition) is 1. The molecule has 7 nitrogen and oxygen atoms in total. The Balaban J connectivity index is 1.41. The second-order valence-corrected chi connectivity index (χ2v) is 10.8. The van der Waals surface area contributed by atoms with Crippen molar-refractivity contribution in [2.24, 2.45) is 17.8 Å². The van der Waals surface area contributed by atoms with Gasteiger partial charge < -0.3 is 15.1 Å². The molecule has 1 saturated heterocycles. The molecule has 35 heavy (non-hydrogen) atoms. The highest BCUT2D eigenvalue weighted by molar-refractivity contribution is 5.76.